The fraction of sp³-hybridized carbons (Fsp3) is 0.562. The molecule has 19 heavy (non-hydrogen) atoms. The lowest BCUT2D eigenvalue weighted by Crippen LogP contribution is -2.35. The molecule has 0 unspecified atom stereocenters. The molecule has 1 aromatic rings. The fourth-order valence-corrected chi connectivity index (χ4v) is 2.62. The summed E-state index contributed by atoms with van der Waals surface area (Å²) in [6.45, 7) is 2.30. The molecule has 2 fully saturated rings. The number of carbonyl (C=O) groups is 1. The molecule has 1 aromatic carbocycles. The minimum Gasteiger partial charge on any atom is -0.379 e. The first-order valence-corrected chi connectivity index (χ1v) is 7.24. The zero-order chi connectivity index (χ0) is 13.1. The van der Waals surface area contributed by atoms with Gasteiger partial charge in [0.05, 0.1) is 12.6 Å². The van der Waals surface area contributed by atoms with Gasteiger partial charge in [-0.2, -0.15) is 0 Å². The van der Waals surface area contributed by atoms with Crippen molar-refractivity contribution in [3.63, 3.8) is 0 Å². The molecule has 1 heterocycles. The second-order valence-electron chi connectivity index (χ2n) is 5.68. The van der Waals surface area contributed by atoms with Gasteiger partial charge in [-0.25, -0.2) is 0 Å². The average Bonchev–Trinajstić information content (AvgIpc) is 3.19. The summed E-state index contributed by atoms with van der Waals surface area (Å²) in [5.41, 5.74) is 1.20. The van der Waals surface area contributed by atoms with Gasteiger partial charge in [-0.3, -0.25) is 4.79 Å². The van der Waals surface area contributed by atoms with Crippen molar-refractivity contribution in [1.82, 2.24) is 4.90 Å². The third kappa shape index (κ3) is 3.35. The number of nitrogens with zero attached hydrogens (tertiary/aromatic N) is 1. The maximum absolute atomic E-state index is 12.0. The van der Waals surface area contributed by atoms with Crippen LogP contribution in [0.5, 0.6) is 0 Å². The fourth-order valence-electron chi connectivity index (χ4n) is 2.62. The lowest BCUT2D eigenvalue weighted by Gasteiger charge is -2.25. The predicted octanol–water partition coefficient (Wildman–Crippen LogP) is 2.60. The second kappa shape index (κ2) is 5.74. The lowest BCUT2D eigenvalue weighted by molar-refractivity contribution is -0.130. The molecule has 0 radical (unpaired) electrons. The summed E-state index contributed by atoms with van der Waals surface area (Å²) in [5, 5.41) is 0. The third-order valence-corrected chi connectivity index (χ3v) is 4.01. The smallest absolute Gasteiger partial charge is 0.223 e. The molecule has 3 heteroatoms. The van der Waals surface area contributed by atoms with E-state index in [4.69, 9.17) is 4.74 Å². The number of likely N-dealkylation sites (tertiary alicyclic amines) is 1. The Kier molecular flexibility index (Phi) is 3.83. The summed E-state index contributed by atoms with van der Waals surface area (Å²) in [6.07, 6.45) is 4.25. The van der Waals surface area contributed by atoms with E-state index in [-0.39, 0.29) is 11.9 Å². The molecule has 0 N–H and O–H groups in total. The highest BCUT2D eigenvalue weighted by atomic mass is 16.5. The monoisotopic (exact) mass is 259 g/mol. The van der Waals surface area contributed by atoms with E-state index in [9.17, 15) is 4.79 Å². The normalized spacial score (nSPS) is 23.1. The second-order valence-corrected chi connectivity index (χ2v) is 5.68. The van der Waals surface area contributed by atoms with Gasteiger partial charge in [-0.15, -0.1) is 0 Å². The van der Waals surface area contributed by atoms with E-state index >= 15 is 0 Å². The Balaban J connectivity index is 1.55. The van der Waals surface area contributed by atoms with Gasteiger partial charge in [0.2, 0.25) is 5.91 Å². The Morgan fingerprint density at radius 1 is 1.11 bits per heavy atom. The van der Waals surface area contributed by atoms with Crippen molar-refractivity contribution in [2.45, 2.75) is 38.3 Å². The number of ether oxygens (including phenoxy) is 1. The van der Waals surface area contributed by atoms with Gasteiger partial charge in [-0.1, -0.05) is 30.3 Å². The van der Waals surface area contributed by atoms with Gasteiger partial charge in [-0.05, 0) is 30.7 Å². The van der Waals surface area contributed by atoms with Gasteiger partial charge in [0, 0.05) is 19.6 Å². The molecule has 0 spiro atoms. The van der Waals surface area contributed by atoms with Crippen LogP contribution in [-0.4, -0.2) is 30.1 Å². The number of rotatable bonds is 6. The first-order chi connectivity index (χ1) is 9.33. The van der Waals surface area contributed by atoms with E-state index in [1.54, 1.807) is 0 Å². The molecule has 1 atom stereocenters. The van der Waals surface area contributed by atoms with Crippen molar-refractivity contribution in [2.24, 2.45) is 5.92 Å². The highest BCUT2D eigenvalue weighted by Crippen LogP contribution is 2.29. The molecule has 0 aromatic heterocycles. The van der Waals surface area contributed by atoms with E-state index in [1.807, 2.05) is 23.1 Å². The van der Waals surface area contributed by atoms with E-state index in [0.717, 1.165) is 25.5 Å². The van der Waals surface area contributed by atoms with Crippen LogP contribution in [0, 0.1) is 5.92 Å². The van der Waals surface area contributed by atoms with Gasteiger partial charge in [0.15, 0.2) is 0 Å². The topological polar surface area (TPSA) is 29.5 Å². The SMILES string of the molecule is O=C1CC[C@H](COCC2CC2)N1Cc1ccccc1. The molecule has 1 aliphatic heterocycles. The minimum atomic E-state index is 0.267. The van der Waals surface area contributed by atoms with E-state index in [1.165, 1.54) is 18.4 Å². The number of amides is 1. The number of hydrogen-bond donors (Lipinski definition) is 0. The highest BCUT2D eigenvalue weighted by molar-refractivity contribution is 5.78. The summed E-state index contributed by atoms with van der Waals surface area (Å²) in [5.74, 6) is 1.06. The minimum absolute atomic E-state index is 0.267. The zero-order valence-corrected chi connectivity index (χ0v) is 11.3. The maximum Gasteiger partial charge on any atom is 0.223 e. The van der Waals surface area contributed by atoms with E-state index in [2.05, 4.69) is 12.1 Å². The largest absolute Gasteiger partial charge is 0.379 e. The van der Waals surface area contributed by atoms with Crippen molar-refractivity contribution >= 4 is 5.91 Å². The lowest BCUT2D eigenvalue weighted by atomic mass is 10.2. The molecule has 0 bridgehead atoms. The van der Waals surface area contributed by atoms with Crippen LogP contribution < -0.4 is 0 Å². The molecule has 3 rings (SSSR count). The van der Waals surface area contributed by atoms with Crippen molar-refractivity contribution < 1.29 is 9.53 Å². The van der Waals surface area contributed by atoms with Crippen molar-refractivity contribution in [3.8, 4) is 0 Å². The Hall–Kier alpha value is -1.35. The molecule has 1 amide bonds. The molecule has 1 saturated carbocycles. The summed E-state index contributed by atoms with van der Waals surface area (Å²) in [6, 6.07) is 10.5. The number of hydrogen-bond acceptors (Lipinski definition) is 2. The number of benzene rings is 1. The Bertz CT molecular complexity index is 428. The van der Waals surface area contributed by atoms with Crippen LogP contribution in [0.3, 0.4) is 0 Å². The summed E-state index contributed by atoms with van der Waals surface area (Å²) in [4.78, 5) is 14.0. The van der Waals surface area contributed by atoms with Gasteiger partial charge in [0.25, 0.3) is 0 Å². The molecule has 2 aliphatic rings. The third-order valence-electron chi connectivity index (χ3n) is 4.01. The van der Waals surface area contributed by atoms with Crippen LogP contribution in [0.25, 0.3) is 0 Å². The average molecular weight is 259 g/mol. The first-order valence-electron chi connectivity index (χ1n) is 7.24. The van der Waals surface area contributed by atoms with E-state index in [0.29, 0.717) is 13.0 Å². The first kappa shape index (κ1) is 12.7. The van der Waals surface area contributed by atoms with Crippen molar-refractivity contribution in [3.05, 3.63) is 35.9 Å². The van der Waals surface area contributed by atoms with Crippen LogP contribution in [0.2, 0.25) is 0 Å². The summed E-state index contributed by atoms with van der Waals surface area (Å²) >= 11 is 0. The molecular weight excluding hydrogens is 238 g/mol. The van der Waals surface area contributed by atoms with Gasteiger partial charge >= 0.3 is 0 Å². The molecule has 102 valence electrons. The van der Waals surface area contributed by atoms with Crippen LogP contribution in [-0.2, 0) is 16.1 Å². The quantitative estimate of drug-likeness (QED) is 0.786. The summed E-state index contributed by atoms with van der Waals surface area (Å²) < 4.78 is 5.76. The van der Waals surface area contributed by atoms with Crippen LogP contribution in [0.4, 0.5) is 0 Å². The van der Waals surface area contributed by atoms with Gasteiger partial charge in [0.1, 0.15) is 0 Å². The predicted molar refractivity (Wildman–Crippen MR) is 73.6 cm³/mol. The van der Waals surface area contributed by atoms with Crippen LogP contribution >= 0.6 is 0 Å². The Morgan fingerprint density at radius 2 is 1.89 bits per heavy atom. The van der Waals surface area contributed by atoms with Crippen molar-refractivity contribution in [1.29, 1.82) is 0 Å². The maximum atomic E-state index is 12.0. The standard InChI is InChI=1S/C16H21NO2/c18-16-9-8-15(12-19-11-14-6-7-14)17(16)10-13-4-2-1-3-5-13/h1-5,14-15H,6-12H2/t15-/m1/s1. The Morgan fingerprint density at radius 3 is 2.63 bits per heavy atom. The molecule has 1 saturated heterocycles. The molecular formula is C16H21NO2. The van der Waals surface area contributed by atoms with Crippen LogP contribution in [0.1, 0.15) is 31.2 Å². The van der Waals surface area contributed by atoms with Crippen molar-refractivity contribution in [2.75, 3.05) is 13.2 Å². The highest BCUT2D eigenvalue weighted by Gasteiger charge is 2.31. The van der Waals surface area contributed by atoms with Gasteiger partial charge < -0.3 is 9.64 Å². The number of carbonyl (C=O) groups excluding carboxylic acids is 1. The zero-order valence-electron chi connectivity index (χ0n) is 11.3. The van der Waals surface area contributed by atoms with E-state index < -0.39 is 0 Å². The Labute approximate surface area is 114 Å². The molecule has 3 nitrogen and oxygen atoms in total. The summed E-state index contributed by atoms with van der Waals surface area (Å²) in [7, 11) is 0. The molecule has 1 aliphatic carbocycles. The van der Waals surface area contributed by atoms with Crippen LogP contribution in [0.15, 0.2) is 30.3 Å².